The molecular formula is C26H26N4O9PS2+. The van der Waals surface area contributed by atoms with E-state index < -0.39 is 28.3 Å². The molecule has 0 atom stereocenters. The average Bonchev–Trinajstić information content (AvgIpc) is 2.94. The third-order valence-electron chi connectivity index (χ3n) is 5.70. The number of phenols is 2. The smallest absolute Gasteiger partial charge is 0.506 e. The Balaban J connectivity index is 1.24. The first-order valence-corrected chi connectivity index (χ1v) is 16.0. The molecule has 0 aliphatic heterocycles. The van der Waals surface area contributed by atoms with Gasteiger partial charge in [-0.25, -0.2) is 16.8 Å². The minimum absolute atomic E-state index is 0.0699. The quantitative estimate of drug-likeness (QED) is 0.0735. The highest BCUT2D eigenvalue weighted by atomic mass is 32.2. The molecule has 42 heavy (non-hydrogen) atoms. The minimum Gasteiger partial charge on any atom is -0.506 e. The summed E-state index contributed by atoms with van der Waals surface area (Å²) in [5.41, 5.74) is 12.7. The van der Waals surface area contributed by atoms with Crippen molar-refractivity contribution < 1.29 is 40.7 Å². The molecule has 0 fully saturated rings. The molecule has 0 amide bonds. The molecule has 4 aromatic rings. The van der Waals surface area contributed by atoms with Gasteiger partial charge >= 0.3 is 8.25 Å². The van der Waals surface area contributed by atoms with Crippen LogP contribution in [0.4, 0.5) is 22.7 Å². The minimum atomic E-state index is -3.94. The number of hydrogen-bond acceptors (Lipinski definition) is 11. The van der Waals surface area contributed by atoms with E-state index in [9.17, 15) is 31.6 Å². The Morgan fingerprint density at radius 1 is 0.619 bits per heavy atom. The van der Waals surface area contributed by atoms with Crippen molar-refractivity contribution in [3.8, 4) is 11.5 Å². The fourth-order valence-corrected chi connectivity index (χ4v) is 6.23. The van der Waals surface area contributed by atoms with E-state index in [1.807, 2.05) is 0 Å². The number of nitrogen functional groups attached to an aromatic ring is 2. The van der Waals surface area contributed by atoms with E-state index in [0.717, 1.165) is 12.1 Å². The van der Waals surface area contributed by atoms with E-state index in [1.165, 1.54) is 48.5 Å². The van der Waals surface area contributed by atoms with Crippen molar-refractivity contribution in [1.82, 2.24) is 0 Å². The van der Waals surface area contributed by atoms with Crippen LogP contribution in [0, 0.1) is 0 Å². The van der Waals surface area contributed by atoms with Crippen LogP contribution in [0.15, 0.2) is 94.7 Å². The first-order valence-electron chi connectivity index (χ1n) is 12.0. The summed E-state index contributed by atoms with van der Waals surface area (Å²) in [6, 6.07) is 19.4. The highest BCUT2D eigenvalue weighted by Crippen LogP contribution is 2.29. The fraction of sp³-hybridized carbons (Fsp3) is 0.0769. The van der Waals surface area contributed by atoms with E-state index in [-0.39, 0.29) is 57.3 Å². The van der Waals surface area contributed by atoms with Crippen LogP contribution in [0.3, 0.4) is 0 Å². The van der Waals surface area contributed by atoms with Crippen LogP contribution in [0.25, 0.3) is 0 Å². The predicted molar refractivity (Wildman–Crippen MR) is 157 cm³/mol. The van der Waals surface area contributed by atoms with Gasteiger partial charge in [0.15, 0.2) is 0 Å². The van der Waals surface area contributed by atoms with Crippen LogP contribution in [-0.2, 0) is 46.9 Å². The van der Waals surface area contributed by atoms with Gasteiger partial charge in [-0.05, 0) is 71.8 Å². The van der Waals surface area contributed by atoms with Crippen molar-refractivity contribution in [3.05, 3.63) is 96.1 Å². The van der Waals surface area contributed by atoms with Crippen molar-refractivity contribution in [1.29, 1.82) is 0 Å². The summed E-state index contributed by atoms with van der Waals surface area (Å²) in [7, 11) is -10.4. The number of nitrogens with two attached hydrogens (primary N) is 2. The van der Waals surface area contributed by atoms with Crippen molar-refractivity contribution in [3.63, 3.8) is 0 Å². The second kappa shape index (κ2) is 12.6. The molecule has 0 aliphatic carbocycles. The molecule has 220 valence electrons. The van der Waals surface area contributed by atoms with Gasteiger partial charge in [0.2, 0.25) is 0 Å². The Kier molecular flexibility index (Phi) is 9.19. The SMILES string of the molecule is Nc1cc(S(=O)(=O)Nc2ccc(CO[P+](=O)OCc3ccc(NS(=O)(=O)c4ccc(O)c(N)c4)cc3)cc2)ccc1O. The van der Waals surface area contributed by atoms with Crippen LogP contribution in [0.5, 0.6) is 11.5 Å². The lowest BCUT2D eigenvalue weighted by Gasteiger charge is -2.09. The van der Waals surface area contributed by atoms with Crippen LogP contribution in [-0.4, -0.2) is 27.0 Å². The monoisotopic (exact) mass is 633 g/mol. The van der Waals surface area contributed by atoms with Gasteiger partial charge in [0.05, 0.1) is 21.2 Å². The summed E-state index contributed by atoms with van der Waals surface area (Å²) in [5, 5.41) is 19.0. The third kappa shape index (κ3) is 7.87. The molecule has 0 aromatic heterocycles. The number of anilines is 4. The zero-order valence-corrected chi connectivity index (χ0v) is 24.2. The van der Waals surface area contributed by atoms with Crippen LogP contribution < -0.4 is 20.9 Å². The number of hydrogen-bond donors (Lipinski definition) is 6. The van der Waals surface area contributed by atoms with Gasteiger partial charge in [0, 0.05) is 15.9 Å². The van der Waals surface area contributed by atoms with E-state index in [1.54, 1.807) is 24.3 Å². The number of phenolic OH excluding ortho intramolecular Hbond substituents is 2. The highest BCUT2D eigenvalue weighted by Gasteiger charge is 2.21. The number of aromatic hydroxyl groups is 2. The van der Waals surface area contributed by atoms with Crippen molar-refractivity contribution in [2.75, 3.05) is 20.9 Å². The largest absolute Gasteiger partial charge is 0.698 e. The molecular weight excluding hydrogens is 607 g/mol. The summed E-state index contributed by atoms with van der Waals surface area (Å²) >= 11 is 0. The van der Waals surface area contributed by atoms with Gasteiger partial charge in [-0.2, -0.15) is 0 Å². The highest BCUT2D eigenvalue weighted by molar-refractivity contribution is 7.93. The Hall–Kier alpha value is -4.40. The maximum absolute atomic E-state index is 12.5. The molecule has 8 N–H and O–H groups in total. The van der Waals surface area contributed by atoms with E-state index >= 15 is 0 Å². The lowest BCUT2D eigenvalue weighted by molar-refractivity contribution is 0.213. The molecule has 0 unspecified atom stereocenters. The first kappa shape index (κ1) is 30.6. The van der Waals surface area contributed by atoms with Crippen molar-refractivity contribution in [2.24, 2.45) is 0 Å². The normalized spacial score (nSPS) is 11.6. The molecule has 0 saturated carbocycles. The number of nitrogens with one attached hydrogen (secondary N) is 2. The molecule has 0 aliphatic rings. The average molecular weight is 634 g/mol. The fourth-order valence-electron chi connectivity index (χ4n) is 3.46. The predicted octanol–water partition coefficient (Wildman–Crippen LogP) is 4.25. The molecule has 0 spiro atoms. The van der Waals surface area contributed by atoms with Crippen LogP contribution in [0.2, 0.25) is 0 Å². The van der Waals surface area contributed by atoms with E-state index in [0.29, 0.717) is 11.1 Å². The standard InChI is InChI=1S/C26H25N4O9PS2/c27-23-13-21(9-11-25(23)31)41(34,35)29-19-5-1-17(2-6-19)15-38-40(33)39-16-18-3-7-20(8-4-18)30-42(36,37)22-10-12-26(32)24(28)14-22/h1-14,29-30H,15-16,27-28H2,(H-,31,32)/p+1. The number of rotatable bonds is 12. The van der Waals surface area contributed by atoms with Gasteiger partial charge in [-0.1, -0.05) is 24.3 Å². The van der Waals surface area contributed by atoms with Gasteiger partial charge < -0.3 is 21.7 Å². The summed E-state index contributed by atoms with van der Waals surface area (Å²) in [6.45, 7) is -0.140. The molecule has 16 heteroatoms. The van der Waals surface area contributed by atoms with Crippen LogP contribution >= 0.6 is 8.25 Å². The molecule has 0 heterocycles. The summed E-state index contributed by atoms with van der Waals surface area (Å²) in [6.07, 6.45) is 0. The zero-order valence-electron chi connectivity index (χ0n) is 21.7. The van der Waals surface area contributed by atoms with E-state index in [4.69, 9.17) is 20.5 Å². The van der Waals surface area contributed by atoms with Crippen LogP contribution in [0.1, 0.15) is 11.1 Å². The summed E-state index contributed by atoms with van der Waals surface area (Å²) < 4.78 is 77.6. The topological polar surface area (TPSA) is 220 Å². The molecule has 4 rings (SSSR count). The molecule has 13 nitrogen and oxygen atoms in total. The second-order valence-corrected chi connectivity index (χ2v) is 13.1. The number of sulfonamides is 2. The Labute approximate surface area is 242 Å². The Morgan fingerprint density at radius 2 is 0.976 bits per heavy atom. The van der Waals surface area contributed by atoms with E-state index in [2.05, 4.69) is 9.44 Å². The third-order valence-corrected chi connectivity index (χ3v) is 9.14. The summed E-state index contributed by atoms with van der Waals surface area (Å²) in [5.74, 6) is -0.448. The molecule has 0 bridgehead atoms. The van der Waals surface area contributed by atoms with Crippen molar-refractivity contribution in [2.45, 2.75) is 23.0 Å². The lowest BCUT2D eigenvalue weighted by Crippen LogP contribution is -2.13. The van der Waals surface area contributed by atoms with Gasteiger partial charge in [0.1, 0.15) is 24.7 Å². The molecule has 4 aromatic carbocycles. The zero-order chi connectivity index (χ0) is 30.5. The first-order chi connectivity index (χ1) is 19.8. The molecule has 0 saturated heterocycles. The van der Waals surface area contributed by atoms with Gasteiger partial charge in [0.25, 0.3) is 20.0 Å². The second-order valence-electron chi connectivity index (χ2n) is 8.82. The number of benzene rings is 4. The summed E-state index contributed by atoms with van der Waals surface area (Å²) in [4.78, 5) is -0.232. The molecule has 0 radical (unpaired) electrons. The van der Waals surface area contributed by atoms with Gasteiger partial charge in [-0.3, -0.25) is 9.44 Å². The Bertz CT molecular complexity index is 1680. The lowest BCUT2D eigenvalue weighted by atomic mass is 10.2. The van der Waals surface area contributed by atoms with Gasteiger partial charge in [-0.15, -0.1) is 9.05 Å². The van der Waals surface area contributed by atoms with Crippen molar-refractivity contribution >= 4 is 51.1 Å². The Morgan fingerprint density at radius 3 is 1.31 bits per heavy atom. The maximum atomic E-state index is 12.5. The maximum Gasteiger partial charge on any atom is 0.698 e.